The molecule has 130 valence electrons. The molecule has 2 rings (SSSR count). The van der Waals surface area contributed by atoms with Crippen molar-refractivity contribution in [3.05, 3.63) is 36.0 Å². The summed E-state index contributed by atoms with van der Waals surface area (Å²) in [6.45, 7) is 0. The number of nitrogens with zero attached hydrogens (tertiary/aromatic N) is 3. The van der Waals surface area contributed by atoms with Crippen LogP contribution in [-0.2, 0) is 20.4 Å². The molecule has 0 aliphatic heterocycles. The number of carbonyl (C=O) groups excluding carboxylic acids is 1. The molecule has 0 aliphatic rings. The van der Waals surface area contributed by atoms with Gasteiger partial charge in [0.05, 0.1) is 17.5 Å². The minimum atomic E-state index is -3.24. The van der Waals surface area contributed by atoms with Gasteiger partial charge >= 0.3 is 0 Å². The van der Waals surface area contributed by atoms with Gasteiger partial charge in [0.1, 0.15) is 5.82 Å². The molecule has 9 heteroatoms. The van der Waals surface area contributed by atoms with E-state index in [0.29, 0.717) is 22.8 Å². The summed E-state index contributed by atoms with van der Waals surface area (Å²) >= 11 is 0. The standard InChI is InChI=1S/C16H17N5O3S/c1-25(23,24)10-13-9-14(18)21-16(20-13)11-4-6-12(7-5-11)19-15(22)3-2-8-17/h4-7,9H,2-3,10H2,1H3,(H,19,22)(H2,18,20,21). The van der Waals surface area contributed by atoms with Gasteiger partial charge in [0, 0.05) is 36.4 Å². The van der Waals surface area contributed by atoms with Crippen LogP contribution in [0.25, 0.3) is 11.4 Å². The second-order valence-electron chi connectivity index (χ2n) is 5.46. The molecule has 0 radical (unpaired) electrons. The van der Waals surface area contributed by atoms with Gasteiger partial charge in [0.2, 0.25) is 5.91 Å². The molecule has 0 unspecified atom stereocenters. The summed E-state index contributed by atoms with van der Waals surface area (Å²) in [5.41, 5.74) is 7.26. The number of anilines is 2. The first-order valence-electron chi connectivity index (χ1n) is 7.35. The summed E-state index contributed by atoms with van der Waals surface area (Å²) in [6, 6.07) is 10.1. The van der Waals surface area contributed by atoms with Crippen LogP contribution < -0.4 is 11.1 Å². The molecule has 1 heterocycles. The summed E-state index contributed by atoms with van der Waals surface area (Å²) in [4.78, 5) is 19.9. The fraction of sp³-hybridized carbons (Fsp3) is 0.250. The number of aromatic nitrogens is 2. The highest BCUT2D eigenvalue weighted by Gasteiger charge is 2.11. The fourth-order valence-corrected chi connectivity index (χ4v) is 2.77. The van der Waals surface area contributed by atoms with Crippen molar-refractivity contribution in [3.8, 4) is 17.5 Å². The van der Waals surface area contributed by atoms with E-state index in [4.69, 9.17) is 11.0 Å². The van der Waals surface area contributed by atoms with Crippen LogP contribution in [0.3, 0.4) is 0 Å². The Balaban J connectivity index is 2.19. The van der Waals surface area contributed by atoms with Gasteiger partial charge in [-0.2, -0.15) is 5.26 Å². The van der Waals surface area contributed by atoms with Gasteiger partial charge in [0.25, 0.3) is 0 Å². The third kappa shape index (κ3) is 5.86. The monoisotopic (exact) mass is 359 g/mol. The van der Waals surface area contributed by atoms with Gasteiger partial charge in [-0.05, 0) is 24.3 Å². The van der Waals surface area contributed by atoms with E-state index in [2.05, 4.69) is 15.3 Å². The molecule has 2 aromatic rings. The smallest absolute Gasteiger partial charge is 0.225 e. The quantitative estimate of drug-likeness (QED) is 0.797. The predicted octanol–water partition coefficient (Wildman–Crippen LogP) is 1.51. The molecule has 8 nitrogen and oxygen atoms in total. The van der Waals surface area contributed by atoms with Crippen LogP contribution in [0.4, 0.5) is 11.5 Å². The molecule has 0 saturated heterocycles. The van der Waals surface area contributed by atoms with Crippen LogP contribution in [0.1, 0.15) is 18.5 Å². The number of nitrogens with one attached hydrogen (secondary N) is 1. The van der Waals surface area contributed by atoms with Crippen LogP contribution >= 0.6 is 0 Å². The zero-order chi connectivity index (χ0) is 18.4. The van der Waals surface area contributed by atoms with Crippen molar-refractivity contribution in [3.63, 3.8) is 0 Å². The van der Waals surface area contributed by atoms with Crippen molar-refractivity contribution in [1.29, 1.82) is 5.26 Å². The van der Waals surface area contributed by atoms with E-state index in [-0.39, 0.29) is 30.3 Å². The maximum absolute atomic E-state index is 11.6. The van der Waals surface area contributed by atoms with Gasteiger partial charge in [-0.3, -0.25) is 4.79 Å². The summed E-state index contributed by atoms with van der Waals surface area (Å²) < 4.78 is 22.8. The van der Waals surface area contributed by atoms with Crippen molar-refractivity contribution in [2.24, 2.45) is 0 Å². The molecule has 0 bridgehead atoms. The molecule has 25 heavy (non-hydrogen) atoms. The maximum atomic E-state index is 11.6. The largest absolute Gasteiger partial charge is 0.384 e. The summed E-state index contributed by atoms with van der Waals surface area (Å²) in [7, 11) is -3.24. The Morgan fingerprint density at radius 1 is 1.28 bits per heavy atom. The van der Waals surface area contributed by atoms with Crippen LogP contribution in [0.5, 0.6) is 0 Å². The lowest BCUT2D eigenvalue weighted by Gasteiger charge is -2.07. The highest BCUT2D eigenvalue weighted by atomic mass is 32.2. The normalized spacial score (nSPS) is 10.9. The minimum Gasteiger partial charge on any atom is -0.384 e. The number of benzene rings is 1. The Morgan fingerprint density at radius 3 is 2.56 bits per heavy atom. The molecule has 0 spiro atoms. The van der Waals surface area contributed by atoms with Crippen LogP contribution in [-0.4, -0.2) is 30.5 Å². The molecular formula is C16H17N5O3S. The lowest BCUT2D eigenvalue weighted by molar-refractivity contribution is -0.116. The lowest BCUT2D eigenvalue weighted by atomic mass is 10.2. The number of hydrogen-bond donors (Lipinski definition) is 2. The average molecular weight is 359 g/mol. The molecular weight excluding hydrogens is 342 g/mol. The average Bonchev–Trinajstić information content (AvgIpc) is 2.51. The Hall–Kier alpha value is -2.99. The number of rotatable bonds is 6. The number of nitriles is 1. The Morgan fingerprint density at radius 2 is 1.96 bits per heavy atom. The van der Waals surface area contributed by atoms with E-state index < -0.39 is 9.84 Å². The molecule has 1 amide bonds. The third-order valence-corrected chi connectivity index (χ3v) is 3.92. The van der Waals surface area contributed by atoms with Gasteiger partial charge < -0.3 is 11.1 Å². The number of amides is 1. The fourth-order valence-electron chi connectivity index (χ4n) is 2.09. The van der Waals surface area contributed by atoms with Crippen molar-refractivity contribution in [1.82, 2.24) is 9.97 Å². The van der Waals surface area contributed by atoms with E-state index in [9.17, 15) is 13.2 Å². The van der Waals surface area contributed by atoms with E-state index in [1.165, 1.54) is 6.07 Å². The first-order valence-corrected chi connectivity index (χ1v) is 9.41. The first kappa shape index (κ1) is 18.4. The van der Waals surface area contributed by atoms with Crippen molar-refractivity contribution < 1.29 is 13.2 Å². The topological polar surface area (TPSA) is 139 Å². The molecule has 0 saturated carbocycles. The minimum absolute atomic E-state index is 0.130. The third-order valence-electron chi connectivity index (χ3n) is 3.10. The van der Waals surface area contributed by atoms with E-state index >= 15 is 0 Å². The molecule has 0 atom stereocenters. The molecule has 0 aliphatic carbocycles. The molecule has 1 aromatic carbocycles. The highest BCUT2D eigenvalue weighted by molar-refractivity contribution is 7.89. The summed E-state index contributed by atoms with van der Waals surface area (Å²) in [5, 5.41) is 11.1. The highest BCUT2D eigenvalue weighted by Crippen LogP contribution is 2.20. The Labute approximate surface area is 145 Å². The first-order chi connectivity index (χ1) is 11.8. The van der Waals surface area contributed by atoms with Gasteiger partial charge in [-0.1, -0.05) is 0 Å². The van der Waals surface area contributed by atoms with Crippen molar-refractivity contribution >= 4 is 27.2 Å². The number of sulfone groups is 1. The maximum Gasteiger partial charge on any atom is 0.225 e. The van der Waals surface area contributed by atoms with E-state index in [0.717, 1.165) is 6.26 Å². The Bertz CT molecular complexity index is 918. The summed E-state index contributed by atoms with van der Waals surface area (Å²) in [6.07, 6.45) is 1.41. The zero-order valence-corrected chi connectivity index (χ0v) is 14.4. The van der Waals surface area contributed by atoms with E-state index in [1.54, 1.807) is 24.3 Å². The number of hydrogen-bond acceptors (Lipinski definition) is 7. The van der Waals surface area contributed by atoms with Crippen molar-refractivity contribution in [2.45, 2.75) is 18.6 Å². The number of nitrogen functional groups attached to an aromatic ring is 1. The van der Waals surface area contributed by atoms with Gasteiger partial charge in [-0.15, -0.1) is 0 Å². The van der Waals surface area contributed by atoms with Crippen LogP contribution in [0.2, 0.25) is 0 Å². The van der Waals surface area contributed by atoms with E-state index in [1.807, 2.05) is 6.07 Å². The van der Waals surface area contributed by atoms with Gasteiger partial charge in [0.15, 0.2) is 15.7 Å². The summed E-state index contributed by atoms with van der Waals surface area (Å²) in [5.74, 6) is 0.0169. The predicted molar refractivity (Wildman–Crippen MR) is 93.9 cm³/mol. The van der Waals surface area contributed by atoms with Gasteiger partial charge in [-0.25, -0.2) is 18.4 Å². The molecule has 3 N–H and O–H groups in total. The lowest BCUT2D eigenvalue weighted by Crippen LogP contribution is -2.10. The molecule has 0 fully saturated rings. The van der Waals surface area contributed by atoms with Crippen LogP contribution in [0.15, 0.2) is 30.3 Å². The number of carbonyl (C=O) groups is 1. The second-order valence-corrected chi connectivity index (χ2v) is 7.60. The SMILES string of the molecule is CS(=O)(=O)Cc1cc(N)nc(-c2ccc(NC(=O)CCC#N)cc2)n1. The Kier molecular flexibility index (Phi) is 5.67. The molecule has 1 aromatic heterocycles. The number of nitrogens with two attached hydrogens (primary N) is 1. The zero-order valence-electron chi connectivity index (χ0n) is 13.6. The second kappa shape index (κ2) is 7.72. The van der Waals surface area contributed by atoms with Crippen molar-refractivity contribution in [2.75, 3.05) is 17.3 Å². The van der Waals surface area contributed by atoms with Crippen LogP contribution in [0, 0.1) is 11.3 Å².